The summed E-state index contributed by atoms with van der Waals surface area (Å²) in [6.07, 6.45) is 1.71. The summed E-state index contributed by atoms with van der Waals surface area (Å²) in [7, 11) is 1.64. The van der Waals surface area contributed by atoms with Gasteiger partial charge in [-0.15, -0.1) is 0 Å². The first kappa shape index (κ1) is 13.2. The zero-order valence-corrected chi connectivity index (χ0v) is 11.8. The molecule has 2 aromatic heterocycles. The molecule has 106 valence electrons. The van der Waals surface area contributed by atoms with Gasteiger partial charge in [-0.1, -0.05) is 23.4 Å². The van der Waals surface area contributed by atoms with Crippen molar-refractivity contribution in [2.24, 2.45) is 0 Å². The van der Waals surface area contributed by atoms with Crippen LogP contribution in [0.3, 0.4) is 0 Å². The molecular weight excluding hydrogens is 266 g/mol. The van der Waals surface area contributed by atoms with E-state index in [-0.39, 0.29) is 5.88 Å². The molecule has 3 aromatic rings. The van der Waals surface area contributed by atoms with Gasteiger partial charge in [0.15, 0.2) is 0 Å². The van der Waals surface area contributed by atoms with Gasteiger partial charge in [-0.2, -0.15) is 0 Å². The number of anilines is 1. The molecule has 0 fully saturated rings. The van der Waals surface area contributed by atoms with Crippen LogP contribution >= 0.6 is 0 Å². The smallest absolute Gasteiger partial charge is 0.232 e. The molecule has 0 aliphatic heterocycles. The highest BCUT2D eigenvalue weighted by Gasteiger charge is 2.19. The van der Waals surface area contributed by atoms with E-state index in [1.165, 1.54) is 0 Å². The maximum Gasteiger partial charge on any atom is 0.232 e. The molecule has 0 saturated carbocycles. The summed E-state index contributed by atoms with van der Waals surface area (Å²) in [6, 6.07) is 11.5. The van der Waals surface area contributed by atoms with E-state index in [1.54, 1.807) is 13.3 Å². The standard InChI is InChI=1S/C16H15N3O2/c1-10-6-7-11(9-13(10)20-2)15-14(16(17)21-19-15)12-5-3-4-8-18-12/h3-9H,17H2,1-2H3. The number of nitrogens with two attached hydrogens (primary N) is 1. The molecule has 0 aliphatic rings. The maximum absolute atomic E-state index is 5.91. The summed E-state index contributed by atoms with van der Waals surface area (Å²) in [6.45, 7) is 1.99. The first-order valence-corrected chi connectivity index (χ1v) is 6.52. The van der Waals surface area contributed by atoms with Crippen molar-refractivity contribution < 1.29 is 9.26 Å². The van der Waals surface area contributed by atoms with Gasteiger partial charge in [-0.25, -0.2) is 0 Å². The Labute approximate surface area is 122 Å². The number of benzene rings is 1. The molecule has 3 rings (SSSR count). The van der Waals surface area contributed by atoms with Gasteiger partial charge in [-0.05, 0) is 30.7 Å². The molecule has 0 unspecified atom stereocenters. The highest BCUT2D eigenvalue weighted by molar-refractivity contribution is 5.85. The fourth-order valence-electron chi connectivity index (χ4n) is 2.23. The minimum Gasteiger partial charge on any atom is -0.496 e. The third-order valence-electron chi connectivity index (χ3n) is 3.32. The molecule has 2 N–H and O–H groups in total. The van der Waals surface area contributed by atoms with E-state index in [0.717, 1.165) is 22.6 Å². The third-order valence-corrected chi connectivity index (χ3v) is 3.32. The topological polar surface area (TPSA) is 74.2 Å². The summed E-state index contributed by atoms with van der Waals surface area (Å²) in [5, 5.41) is 4.07. The Morgan fingerprint density at radius 3 is 2.76 bits per heavy atom. The molecule has 2 heterocycles. The predicted molar refractivity (Wildman–Crippen MR) is 80.9 cm³/mol. The van der Waals surface area contributed by atoms with Gasteiger partial charge in [0.25, 0.3) is 0 Å². The Bertz CT molecular complexity index is 766. The number of nitrogens with zero attached hydrogens (tertiary/aromatic N) is 2. The summed E-state index contributed by atoms with van der Waals surface area (Å²) in [4.78, 5) is 4.32. The van der Waals surface area contributed by atoms with Crippen LogP contribution in [0.2, 0.25) is 0 Å². The molecule has 0 saturated heterocycles. The quantitative estimate of drug-likeness (QED) is 0.797. The van der Waals surface area contributed by atoms with Crippen molar-refractivity contribution in [3.63, 3.8) is 0 Å². The normalized spacial score (nSPS) is 10.6. The second-order valence-electron chi connectivity index (χ2n) is 4.67. The number of nitrogen functional groups attached to an aromatic ring is 1. The van der Waals surface area contributed by atoms with E-state index in [1.807, 2.05) is 43.3 Å². The van der Waals surface area contributed by atoms with Crippen molar-refractivity contribution in [1.82, 2.24) is 10.1 Å². The van der Waals surface area contributed by atoms with Gasteiger partial charge >= 0.3 is 0 Å². The fourth-order valence-corrected chi connectivity index (χ4v) is 2.23. The largest absolute Gasteiger partial charge is 0.496 e. The molecule has 0 amide bonds. The van der Waals surface area contributed by atoms with Crippen molar-refractivity contribution in [2.45, 2.75) is 6.92 Å². The Morgan fingerprint density at radius 2 is 2.05 bits per heavy atom. The second-order valence-corrected chi connectivity index (χ2v) is 4.67. The zero-order valence-electron chi connectivity index (χ0n) is 11.8. The number of methoxy groups -OCH3 is 1. The third kappa shape index (κ3) is 2.33. The predicted octanol–water partition coefficient (Wildman–Crippen LogP) is 3.30. The average molecular weight is 281 g/mol. The minimum absolute atomic E-state index is 0.253. The SMILES string of the molecule is COc1cc(-c2noc(N)c2-c2ccccn2)ccc1C. The van der Waals surface area contributed by atoms with E-state index in [2.05, 4.69) is 10.1 Å². The highest BCUT2D eigenvalue weighted by Crippen LogP contribution is 2.36. The van der Waals surface area contributed by atoms with Crippen molar-refractivity contribution in [3.8, 4) is 28.3 Å². The first-order chi connectivity index (χ1) is 10.2. The Balaban J connectivity index is 2.17. The van der Waals surface area contributed by atoms with E-state index in [0.29, 0.717) is 11.3 Å². The first-order valence-electron chi connectivity index (χ1n) is 6.52. The number of aromatic nitrogens is 2. The second kappa shape index (κ2) is 5.28. The van der Waals surface area contributed by atoms with E-state index >= 15 is 0 Å². The van der Waals surface area contributed by atoms with Gasteiger partial charge in [0, 0.05) is 11.8 Å². The summed E-state index contributed by atoms with van der Waals surface area (Å²) in [5.74, 6) is 1.05. The number of aryl methyl sites for hydroxylation is 1. The van der Waals surface area contributed by atoms with Gasteiger partial charge in [0.2, 0.25) is 5.88 Å². The summed E-state index contributed by atoms with van der Waals surface area (Å²) in [5.41, 5.74) is 9.92. The molecule has 5 nitrogen and oxygen atoms in total. The van der Waals surface area contributed by atoms with E-state index in [9.17, 15) is 0 Å². The lowest BCUT2D eigenvalue weighted by Gasteiger charge is -2.07. The van der Waals surface area contributed by atoms with Crippen LogP contribution in [0.25, 0.3) is 22.5 Å². The number of hydrogen-bond acceptors (Lipinski definition) is 5. The molecule has 21 heavy (non-hydrogen) atoms. The Morgan fingerprint density at radius 1 is 1.19 bits per heavy atom. The molecule has 0 radical (unpaired) electrons. The highest BCUT2D eigenvalue weighted by atomic mass is 16.5. The van der Waals surface area contributed by atoms with Crippen LogP contribution in [-0.2, 0) is 0 Å². The number of ether oxygens (including phenoxy) is 1. The van der Waals surface area contributed by atoms with Crippen LogP contribution in [0.15, 0.2) is 47.1 Å². The molecule has 0 spiro atoms. The lowest BCUT2D eigenvalue weighted by molar-refractivity contribution is 0.411. The van der Waals surface area contributed by atoms with E-state index in [4.69, 9.17) is 15.0 Å². The van der Waals surface area contributed by atoms with Gasteiger partial charge in [0.05, 0.1) is 18.4 Å². The van der Waals surface area contributed by atoms with E-state index < -0.39 is 0 Å². The Hall–Kier alpha value is -2.82. The van der Waals surface area contributed by atoms with Crippen LogP contribution in [0.5, 0.6) is 5.75 Å². The number of pyridine rings is 1. The van der Waals surface area contributed by atoms with Crippen molar-refractivity contribution in [2.75, 3.05) is 12.8 Å². The van der Waals surface area contributed by atoms with Gasteiger partial charge in [0.1, 0.15) is 11.4 Å². The van der Waals surface area contributed by atoms with Crippen LogP contribution in [-0.4, -0.2) is 17.3 Å². The maximum atomic E-state index is 5.91. The fraction of sp³-hybridized carbons (Fsp3) is 0.125. The molecule has 1 aromatic carbocycles. The van der Waals surface area contributed by atoms with Gasteiger partial charge in [-0.3, -0.25) is 4.98 Å². The van der Waals surface area contributed by atoms with Crippen LogP contribution in [0, 0.1) is 6.92 Å². The molecule has 0 bridgehead atoms. The van der Waals surface area contributed by atoms with Crippen LogP contribution < -0.4 is 10.5 Å². The van der Waals surface area contributed by atoms with Gasteiger partial charge < -0.3 is 15.0 Å². The average Bonchev–Trinajstić information content (AvgIpc) is 2.90. The van der Waals surface area contributed by atoms with Crippen LogP contribution in [0.4, 0.5) is 5.88 Å². The zero-order chi connectivity index (χ0) is 14.8. The Kier molecular flexibility index (Phi) is 3.31. The molecule has 5 heteroatoms. The van der Waals surface area contributed by atoms with Crippen molar-refractivity contribution in [1.29, 1.82) is 0 Å². The number of rotatable bonds is 3. The van der Waals surface area contributed by atoms with Crippen molar-refractivity contribution in [3.05, 3.63) is 48.2 Å². The molecule has 0 aliphatic carbocycles. The lowest BCUT2D eigenvalue weighted by atomic mass is 10.0. The number of hydrogen-bond donors (Lipinski definition) is 1. The molecule has 0 atom stereocenters. The lowest BCUT2D eigenvalue weighted by Crippen LogP contribution is -1.91. The summed E-state index contributed by atoms with van der Waals surface area (Å²) >= 11 is 0. The molecular formula is C16H15N3O2. The van der Waals surface area contributed by atoms with Crippen LogP contribution in [0.1, 0.15) is 5.56 Å². The minimum atomic E-state index is 0.253. The van der Waals surface area contributed by atoms with Crippen molar-refractivity contribution >= 4 is 5.88 Å². The monoisotopic (exact) mass is 281 g/mol. The summed E-state index contributed by atoms with van der Waals surface area (Å²) < 4.78 is 10.5.